The Morgan fingerprint density at radius 2 is 1.71 bits per heavy atom. The van der Waals surface area contributed by atoms with E-state index in [-0.39, 0.29) is 24.0 Å². The highest BCUT2D eigenvalue weighted by atomic mass is 16.6. The molecule has 1 amide bonds. The first-order valence-corrected chi connectivity index (χ1v) is 9.68. The van der Waals surface area contributed by atoms with E-state index < -0.39 is 5.97 Å². The molecule has 0 radical (unpaired) electrons. The van der Waals surface area contributed by atoms with Gasteiger partial charge in [0.1, 0.15) is 6.61 Å². The van der Waals surface area contributed by atoms with Crippen molar-refractivity contribution in [3.05, 3.63) is 71.3 Å². The third-order valence-electron chi connectivity index (χ3n) is 6.35. The third-order valence-corrected chi connectivity index (χ3v) is 6.35. The van der Waals surface area contributed by atoms with E-state index >= 15 is 0 Å². The van der Waals surface area contributed by atoms with Gasteiger partial charge in [-0.05, 0) is 35.1 Å². The van der Waals surface area contributed by atoms with E-state index in [1.807, 2.05) is 24.3 Å². The van der Waals surface area contributed by atoms with Gasteiger partial charge in [-0.15, -0.1) is 0 Å². The Morgan fingerprint density at radius 1 is 1.07 bits per heavy atom. The summed E-state index contributed by atoms with van der Waals surface area (Å²) in [4.78, 5) is 25.4. The summed E-state index contributed by atoms with van der Waals surface area (Å²) in [6.45, 7) is 0.946. The number of fused-ring (bicyclic) bond motifs is 4. The zero-order chi connectivity index (χ0) is 19.3. The Kier molecular flexibility index (Phi) is 3.97. The Labute approximate surface area is 163 Å². The summed E-state index contributed by atoms with van der Waals surface area (Å²) < 4.78 is 5.74. The van der Waals surface area contributed by atoms with Crippen LogP contribution in [0.25, 0.3) is 11.1 Å². The molecule has 2 aromatic rings. The van der Waals surface area contributed by atoms with Gasteiger partial charge in [0.05, 0.1) is 0 Å². The molecule has 3 aliphatic rings. The lowest BCUT2D eigenvalue weighted by Crippen LogP contribution is -2.44. The second-order valence-electron chi connectivity index (χ2n) is 7.72. The number of aliphatic carboxylic acids is 1. The Balaban J connectivity index is 1.29. The number of carbonyl (C=O) groups excluding carboxylic acids is 1. The van der Waals surface area contributed by atoms with E-state index in [4.69, 9.17) is 9.84 Å². The highest BCUT2D eigenvalue weighted by Gasteiger charge is 2.47. The van der Waals surface area contributed by atoms with E-state index in [1.165, 1.54) is 28.3 Å². The average Bonchev–Trinajstić information content (AvgIpc) is 3.19. The van der Waals surface area contributed by atoms with E-state index in [0.29, 0.717) is 19.6 Å². The summed E-state index contributed by atoms with van der Waals surface area (Å²) >= 11 is 0. The molecule has 0 aromatic heterocycles. The highest BCUT2D eigenvalue weighted by Crippen LogP contribution is 2.46. The lowest BCUT2D eigenvalue weighted by Gasteiger charge is -2.38. The molecule has 142 valence electrons. The fraction of sp³-hybridized carbons (Fsp3) is 0.304. The molecule has 2 aliphatic carbocycles. The molecule has 28 heavy (non-hydrogen) atoms. The molecular formula is C23H21NO4. The third kappa shape index (κ3) is 2.61. The van der Waals surface area contributed by atoms with Gasteiger partial charge in [-0.25, -0.2) is 9.59 Å². The predicted molar refractivity (Wildman–Crippen MR) is 104 cm³/mol. The largest absolute Gasteiger partial charge is 0.478 e. The van der Waals surface area contributed by atoms with Gasteiger partial charge >= 0.3 is 12.1 Å². The maximum atomic E-state index is 12.7. The van der Waals surface area contributed by atoms with Crippen LogP contribution < -0.4 is 0 Å². The van der Waals surface area contributed by atoms with E-state index in [2.05, 4.69) is 24.3 Å². The summed E-state index contributed by atoms with van der Waals surface area (Å²) in [6.07, 6.45) is 2.46. The van der Waals surface area contributed by atoms with Crippen LogP contribution in [0.5, 0.6) is 0 Å². The van der Waals surface area contributed by atoms with Crippen LogP contribution in [0.3, 0.4) is 0 Å². The summed E-state index contributed by atoms with van der Waals surface area (Å²) in [5, 5.41) is 8.93. The highest BCUT2D eigenvalue weighted by molar-refractivity contribution is 5.82. The van der Waals surface area contributed by atoms with Crippen LogP contribution in [0.1, 0.15) is 29.9 Å². The second-order valence-corrected chi connectivity index (χ2v) is 7.72. The Hall–Kier alpha value is -3.08. The van der Waals surface area contributed by atoms with Crippen LogP contribution in [0, 0.1) is 5.92 Å². The number of benzene rings is 2. The normalized spacial score (nSPS) is 23.7. The zero-order valence-corrected chi connectivity index (χ0v) is 15.4. The molecule has 1 N–H and O–H groups in total. The van der Waals surface area contributed by atoms with Crippen LogP contribution in [-0.2, 0) is 9.53 Å². The van der Waals surface area contributed by atoms with Crippen molar-refractivity contribution < 1.29 is 19.4 Å². The predicted octanol–water partition coefficient (Wildman–Crippen LogP) is 4.04. The van der Waals surface area contributed by atoms with Crippen LogP contribution >= 0.6 is 0 Å². The standard InChI is InChI=1S/C23H21NO4/c25-22(26)12-14-11-21-15(14)9-10-24(21)23(27)28-13-20-18-7-3-1-5-16(18)17-6-2-4-8-19(17)20/h1-8,12,15,20-21H,9-11,13H2,(H,25,26)/b14-12+. The van der Waals surface area contributed by atoms with E-state index in [0.717, 1.165) is 12.0 Å². The fourth-order valence-electron chi connectivity index (χ4n) is 5.00. The first-order valence-electron chi connectivity index (χ1n) is 9.68. The number of carboxylic acids is 1. The quantitative estimate of drug-likeness (QED) is 0.822. The van der Waals surface area contributed by atoms with Crippen molar-refractivity contribution >= 4 is 12.1 Å². The number of carboxylic acid groups (broad SMARTS) is 1. The van der Waals surface area contributed by atoms with Crippen molar-refractivity contribution in [2.45, 2.75) is 24.8 Å². The van der Waals surface area contributed by atoms with Gasteiger partial charge in [0, 0.05) is 30.5 Å². The van der Waals surface area contributed by atoms with Crippen molar-refractivity contribution in [1.29, 1.82) is 0 Å². The molecule has 0 bridgehead atoms. The van der Waals surface area contributed by atoms with Gasteiger partial charge < -0.3 is 14.7 Å². The number of hydrogen-bond acceptors (Lipinski definition) is 3. The van der Waals surface area contributed by atoms with Gasteiger partial charge in [-0.1, -0.05) is 54.1 Å². The van der Waals surface area contributed by atoms with Gasteiger partial charge in [0.15, 0.2) is 0 Å². The number of likely N-dealkylation sites (tertiary alicyclic amines) is 1. The summed E-state index contributed by atoms with van der Waals surface area (Å²) in [6, 6.07) is 16.6. The molecule has 2 aromatic carbocycles. The van der Waals surface area contributed by atoms with Gasteiger partial charge in [-0.3, -0.25) is 0 Å². The number of ether oxygens (including phenoxy) is 1. The molecule has 2 fully saturated rings. The maximum Gasteiger partial charge on any atom is 0.410 e. The minimum absolute atomic E-state index is 0.0543. The lowest BCUT2D eigenvalue weighted by atomic mass is 9.74. The van der Waals surface area contributed by atoms with Crippen molar-refractivity contribution in [2.75, 3.05) is 13.2 Å². The lowest BCUT2D eigenvalue weighted by molar-refractivity contribution is -0.131. The van der Waals surface area contributed by atoms with Crippen LogP contribution in [0.15, 0.2) is 60.2 Å². The van der Waals surface area contributed by atoms with Gasteiger partial charge in [-0.2, -0.15) is 0 Å². The molecule has 1 aliphatic heterocycles. The smallest absolute Gasteiger partial charge is 0.410 e. The van der Waals surface area contributed by atoms with Crippen LogP contribution in [0.4, 0.5) is 4.79 Å². The molecule has 0 spiro atoms. The van der Waals surface area contributed by atoms with Gasteiger partial charge in [0.2, 0.25) is 0 Å². The fourth-order valence-corrected chi connectivity index (χ4v) is 5.00. The molecular weight excluding hydrogens is 354 g/mol. The molecule has 5 heteroatoms. The SMILES string of the molecule is O=C(O)/C=C1\CC2C1CCN2C(=O)OCC1c2ccccc2-c2ccccc21. The maximum absolute atomic E-state index is 12.7. The zero-order valence-electron chi connectivity index (χ0n) is 15.4. The van der Waals surface area contributed by atoms with Crippen molar-refractivity contribution in [3.8, 4) is 11.1 Å². The molecule has 5 rings (SSSR count). The Morgan fingerprint density at radius 3 is 2.36 bits per heavy atom. The van der Waals surface area contributed by atoms with Crippen LogP contribution in [-0.4, -0.2) is 41.3 Å². The Bertz CT molecular complexity index is 950. The molecule has 2 atom stereocenters. The van der Waals surface area contributed by atoms with Crippen molar-refractivity contribution in [3.63, 3.8) is 0 Å². The number of carbonyl (C=O) groups is 2. The molecule has 1 heterocycles. The first kappa shape index (κ1) is 17.0. The van der Waals surface area contributed by atoms with Gasteiger partial charge in [0.25, 0.3) is 0 Å². The number of rotatable bonds is 3. The average molecular weight is 375 g/mol. The second kappa shape index (κ2) is 6.51. The summed E-state index contributed by atoms with van der Waals surface area (Å²) in [5.74, 6) is -0.678. The molecule has 1 saturated heterocycles. The first-order chi connectivity index (χ1) is 13.6. The molecule has 2 unspecified atom stereocenters. The summed E-state index contributed by atoms with van der Waals surface area (Å²) in [7, 11) is 0. The molecule has 5 nitrogen and oxygen atoms in total. The topological polar surface area (TPSA) is 66.8 Å². The molecule has 1 saturated carbocycles. The van der Waals surface area contributed by atoms with E-state index in [1.54, 1.807) is 4.90 Å². The minimum atomic E-state index is -0.909. The number of amides is 1. The number of nitrogens with zero attached hydrogens (tertiary/aromatic N) is 1. The summed E-state index contributed by atoms with van der Waals surface area (Å²) in [5.41, 5.74) is 5.76. The minimum Gasteiger partial charge on any atom is -0.478 e. The van der Waals surface area contributed by atoms with Crippen molar-refractivity contribution in [1.82, 2.24) is 4.90 Å². The number of hydrogen-bond donors (Lipinski definition) is 1. The van der Waals surface area contributed by atoms with Crippen molar-refractivity contribution in [2.24, 2.45) is 5.92 Å². The van der Waals surface area contributed by atoms with Crippen LogP contribution in [0.2, 0.25) is 0 Å². The van der Waals surface area contributed by atoms with E-state index in [9.17, 15) is 9.59 Å². The monoisotopic (exact) mass is 375 g/mol.